The molecule has 3 heterocycles. The molecule has 2 aliphatic heterocycles. The van der Waals surface area contributed by atoms with Gasteiger partial charge in [-0.3, -0.25) is 4.79 Å². The number of hydrogen-bond acceptors (Lipinski definition) is 6. The average molecular weight is 400 g/mol. The zero-order valence-corrected chi connectivity index (χ0v) is 16.8. The van der Waals surface area contributed by atoms with Gasteiger partial charge in [-0.15, -0.1) is 0 Å². The third-order valence-corrected chi connectivity index (χ3v) is 6.36. The van der Waals surface area contributed by atoms with Crippen LogP contribution in [0.15, 0.2) is 40.9 Å². The van der Waals surface area contributed by atoms with E-state index in [4.69, 9.17) is 9.26 Å². The topological polar surface area (TPSA) is 105 Å². The van der Waals surface area contributed by atoms with E-state index in [-0.39, 0.29) is 18.3 Å². The first-order valence-corrected chi connectivity index (χ1v) is 10.1. The molecule has 1 aromatic carbocycles. The molecular weight excluding hydrogens is 372 g/mol. The number of hydrogen-bond donors (Lipinski definition) is 3. The Labute approximate surface area is 170 Å². The Morgan fingerprint density at radius 1 is 1.31 bits per heavy atom. The van der Waals surface area contributed by atoms with Crippen molar-refractivity contribution in [1.29, 1.82) is 0 Å². The standard InChI is InChI=1S/C22H28N2O5/c1-14-10-18(28-24-14)20(27)23-17-8-9-22(13-25)12-16(15-6-4-3-5-7-15)11-21(2,29-22)19(17)26/h3-7,10,16-17,19,25-26H,8-9,11-13H2,1-2H3,(H,23,27)/t16-,17-,19+,21+,22+/m1/s1. The van der Waals surface area contributed by atoms with Gasteiger partial charge < -0.3 is 24.8 Å². The maximum atomic E-state index is 12.6. The quantitative estimate of drug-likeness (QED) is 0.728. The highest BCUT2D eigenvalue weighted by Crippen LogP contribution is 2.49. The van der Waals surface area contributed by atoms with Crippen LogP contribution in [-0.4, -0.2) is 51.2 Å². The van der Waals surface area contributed by atoms with Gasteiger partial charge in [0.2, 0.25) is 5.76 Å². The SMILES string of the molecule is Cc1cc(C(=O)N[C@@H]2CC[C@@]3(CO)C[C@H](c4ccccc4)C[C@](C)(O3)[C@H]2O)on1. The summed E-state index contributed by atoms with van der Waals surface area (Å²) >= 11 is 0. The highest BCUT2D eigenvalue weighted by atomic mass is 16.5. The van der Waals surface area contributed by atoms with Crippen LogP contribution in [0, 0.1) is 6.92 Å². The number of amides is 1. The number of rotatable bonds is 4. The van der Waals surface area contributed by atoms with Crippen molar-refractivity contribution in [2.24, 2.45) is 0 Å². The van der Waals surface area contributed by atoms with Gasteiger partial charge in [-0.2, -0.15) is 0 Å². The molecule has 5 atom stereocenters. The van der Waals surface area contributed by atoms with E-state index >= 15 is 0 Å². The Morgan fingerprint density at radius 2 is 2.07 bits per heavy atom. The lowest BCUT2D eigenvalue weighted by atomic mass is 9.74. The second kappa shape index (κ2) is 7.55. The lowest BCUT2D eigenvalue weighted by molar-refractivity contribution is -0.230. The summed E-state index contributed by atoms with van der Waals surface area (Å²) in [5.74, 6) is -0.137. The van der Waals surface area contributed by atoms with Gasteiger partial charge in [0.05, 0.1) is 29.5 Å². The number of aliphatic hydroxyl groups excluding tert-OH is 2. The number of fused-ring (bicyclic) bond motifs is 2. The summed E-state index contributed by atoms with van der Waals surface area (Å²) in [6.07, 6.45) is 1.40. The molecular formula is C22H28N2O5. The molecule has 2 saturated heterocycles. The molecule has 0 unspecified atom stereocenters. The summed E-state index contributed by atoms with van der Waals surface area (Å²) in [6.45, 7) is 3.49. The van der Waals surface area contributed by atoms with Crippen molar-refractivity contribution >= 4 is 5.91 Å². The predicted octanol–water partition coefficient (Wildman–Crippen LogP) is 2.32. The molecule has 2 fully saturated rings. The fourth-order valence-corrected chi connectivity index (χ4v) is 4.92. The maximum absolute atomic E-state index is 12.6. The lowest BCUT2D eigenvalue weighted by Gasteiger charge is -2.49. The zero-order chi connectivity index (χ0) is 20.6. The van der Waals surface area contributed by atoms with Gasteiger partial charge in [-0.05, 0) is 51.0 Å². The summed E-state index contributed by atoms with van der Waals surface area (Å²) in [5, 5.41) is 28.1. The van der Waals surface area contributed by atoms with Crippen LogP contribution in [0.5, 0.6) is 0 Å². The number of carbonyl (C=O) groups is 1. The van der Waals surface area contributed by atoms with E-state index in [1.54, 1.807) is 13.0 Å². The molecule has 156 valence electrons. The number of benzene rings is 1. The van der Waals surface area contributed by atoms with Crippen LogP contribution in [0.2, 0.25) is 0 Å². The highest BCUT2D eigenvalue weighted by molar-refractivity contribution is 5.91. The number of aliphatic hydroxyl groups is 2. The molecule has 1 amide bonds. The fraction of sp³-hybridized carbons (Fsp3) is 0.545. The molecule has 29 heavy (non-hydrogen) atoms. The molecule has 0 saturated carbocycles. The molecule has 7 heteroatoms. The van der Waals surface area contributed by atoms with Crippen LogP contribution in [0.4, 0.5) is 0 Å². The van der Waals surface area contributed by atoms with Crippen LogP contribution in [-0.2, 0) is 4.74 Å². The monoisotopic (exact) mass is 400 g/mol. The van der Waals surface area contributed by atoms with Gasteiger partial charge in [0.25, 0.3) is 5.91 Å². The number of aryl methyl sites for hydroxylation is 1. The van der Waals surface area contributed by atoms with Gasteiger partial charge in [-0.25, -0.2) is 0 Å². The smallest absolute Gasteiger partial charge is 0.290 e. The zero-order valence-electron chi connectivity index (χ0n) is 16.8. The number of nitrogens with one attached hydrogen (secondary N) is 1. The Hall–Kier alpha value is -2.22. The molecule has 7 nitrogen and oxygen atoms in total. The molecule has 4 rings (SSSR count). The normalized spacial score (nSPS) is 34.4. The highest BCUT2D eigenvalue weighted by Gasteiger charge is 2.54. The lowest BCUT2D eigenvalue weighted by Crippen LogP contribution is -2.58. The van der Waals surface area contributed by atoms with Crippen LogP contribution in [0.25, 0.3) is 0 Å². The van der Waals surface area contributed by atoms with Crippen LogP contribution in [0.1, 0.15) is 60.3 Å². The number of nitrogens with zero attached hydrogens (tertiary/aromatic N) is 1. The van der Waals surface area contributed by atoms with Crippen molar-refractivity contribution in [3.05, 3.63) is 53.4 Å². The largest absolute Gasteiger partial charge is 0.393 e. The van der Waals surface area contributed by atoms with E-state index in [1.165, 1.54) is 5.56 Å². The van der Waals surface area contributed by atoms with Gasteiger partial charge in [0.15, 0.2) is 0 Å². The first kappa shape index (κ1) is 20.1. The van der Waals surface area contributed by atoms with Gasteiger partial charge in [0.1, 0.15) is 6.10 Å². The maximum Gasteiger partial charge on any atom is 0.290 e. The first-order valence-electron chi connectivity index (χ1n) is 10.1. The summed E-state index contributed by atoms with van der Waals surface area (Å²) < 4.78 is 11.4. The second-order valence-corrected chi connectivity index (χ2v) is 8.67. The van der Waals surface area contributed by atoms with E-state index in [2.05, 4.69) is 22.6 Å². The van der Waals surface area contributed by atoms with Gasteiger partial charge in [-0.1, -0.05) is 35.5 Å². The van der Waals surface area contributed by atoms with Crippen molar-refractivity contribution in [3.8, 4) is 0 Å². The summed E-state index contributed by atoms with van der Waals surface area (Å²) in [7, 11) is 0. The second-order valence-electron chi connectivity index (χ2n) is 8.67. The molecule has 0 radical (unpaired) electrons. The summed E-state index contributed by atoms with van der Waals surface area (Å²) in [5.41, 5.74) is 0.156. The van der Waals surface area contributed by atoms with Crippen molar-refractivity contribution < 1.29 is 24.3 Å². The first-order chi connectivity index (χ1) is 13.8. The number of carbonyl (C=O) groups excluding carboxylic acids is 1. The predicted molar refractivity (Wildman–Crippen MR) is 105 cm³/mol. The fourth-order valence-electron chi connectivity index (χ4n) is 4.92. The number of ether oxygens (including phenoxy) is 1. The van der Waals surface area contributed by atoms with Crippen molar-refractivity contribution in [3.63, 3.8) is 0 Å². The molecule has 2 bridgehead atoms. The Bertz CT molecular complexity index is 869. The van der Waals surface area contributed by atoms with E-state index in [0.29, 0.717) is 31.4 Å². The van der Waals surface area contributed by atoms with Gasteiger partial charge in [0, 0.05) is 6.07 Å². The summed E-state index contributed by atoms with van der Waals surface area (Å²) in [6, 6.07) is 11.2. The third-order valence-electron chi connectivity index (χ3n) is 6.36. The Morgan fingerprint density at radius 3 is 2.72 bits per heavy atom. The Balaban J connectivity index is 1.60. The van der Waals surface area contributed by atoms with Crippen LogP contribution in [0.3, 0.4) is 0 Å². The van der Waals surface area contributed by atoms with E-state index < -0.39 is 29.3 Å². The minimum atomic E-state index is -0.921. The Kier molecular flexibility index (Phi) is 5.23. The molecule has 0 aliphatic carbocycles. The van der Waals surface area contributed by atoms with E-state index in [9.17, 15) is 15.0 Å². The average Bonchev–Trinajstić information content (AvgIpc) is 3.14. The molecule has 2 aromatic rings. The van der Waals surface area contributed by atoms with Crippen molar-refractivity contribution in [2.75, 3.05) is 6.61 Å². The molecule has 0 spiro atoms. The molecule has 1 aromatic heterocycles. The van der Waals surface area contributed by atoms with E-state index in [0.717, 1.165) is 0 Å². The molecule has 3 N–H and O–H groups in total. The van der Waals surface area contributed by atoms with E-state index in [1.807, 2.05) is 25.1 Å². The summed E-state index contributed by atoms with van der Waals surface area (Å²) in [4.78, 5) is 12.6. The van der Waals surface area contributed by atoms with Crippen molar-refractivity contribution in [1.82, 2.24) is 10.5 Å². The van der Waals surface area contributed by atoms with Crippen molar-refractivity contribution in [2.45, 2.75) is 68.8 Å². The minimum absolute atomic E-state index is 0.118. The number of aromatic nitrogens is 1. The molecule has 2 aliphatic rings. The van der Waals surface area contributed by atoms with Gasteiger partial charge >= 0.3 is 0 Å². The minimum Gasteiger partial charge on any atom is -0.393 e. The third kappa shape index (κ3) is 3.82. The van der Waals surface area contributed by atoms with Crippen LogP contribution >= 0.6 is 0 Å². The van der Waals surface area contributed by atoms with Crippen LogP contribution < -0.4 is 5.32 Å².